The molecule has 130 valence electrons. The van der Waals surface area contributed by atoms with Crippen molar-refractivity contribution in [3.05, 3.63) is 40.1 Å². The Morgan fingerprint density at radius 3 is 2.92 bits per heavy atom. The number of nitrogens with one attached hydrogen (secondary N) is 2. The fraction of sp³-hybridized carbons (Fsp3) is 0.312. The number of rotatable bonds is 2. The van der Waals surface area contributed by atoms with Crippen molar-refractivity contribution in [3.63, 3.8) is 0 Å². The number of anilines is 1. The summed E-state index contributed by atoms with van der Waals surface area (Å²) in [5.41, 5.74) is 1.36. The van der Waals surface area contributed by atoms with Gasteiger partial charge >= 0.3 is 0 Å². The molecular formula is C16H14Cl2N4O2S. The lowest BCUT2D eigenvalue weighted by Gasteiger charge is -2.33. The average Bonchev–Trinajstić information content (AvgIpc) is 3.21. The van der Waals surface area contributed by atoms with E-state index in [0.29, 0.717) is 40.9 Å². The van der Waals surface area contributed by atoms with Gasteiger partial charge in [0.2, 0.25) is 11.8 Å². The van der Waals surface area contributed by atoms with Crippen molar-refractivity contribution in [3.8, 4) is 0 Å². The predicted molar refractivity (Wildman–Crippen MR) is 97.2 cm³/mol. The van der Waals surface area contributed by atoms with Crippen LogP contribution in [0.4, 0.5) is 5.69 Å². The number of carbonyl (C=O) groups is 2. The van der Waals surface area contributed by atoms with Crippen LogP contribution in [0.5, 0.6) is 0 Å². The van der Waals surface area contributed by atoms with Crippen LogP contribution in [0.2, 0.25) is 10.0 Å². The van der Waals surface area contributed by atoms with E-state index < -0.39 is 4.75 Å². The number of benzene rings is 1. The highest BCUT2D eigenvalue weighted by molar-refractivity contribution is 8.01. The second-order valence-electron chi connectivity index (χ2n) is 6.12. The smallest absolute Gasteiger partial charge is 0.242 e. The minimum Gasteiger partial charge on any atom is -0.340 e. The van der Waals surface area contributed by atoms with Crippen molar-refractivity contribution in [1.29, 1.82) is 0 Å². The van der Waals surface area contributed by atoms with E-state index in [0.717, 1.165) is 4.90 Å². The summed E-state index contributed by atoms with van der Waals surface area (Å²) in [6.45, 7) is 0.909. The number of nitrogens with zero attached hydrogens (tertiary/aromatic N) is 2. The average molecular weight is 397 g/mol. The van der Waals surface area contributed by atoms with Crippen LogP contribution in [0.1, 0.15) is 12.1 Å². The summed E-state index contributed by atoms with van der Waals surface area (Å²) in [7, 11) is 0. The van der Waals surface area contributed by atoms with Crippen LogP contribution in [-0.4, -0.2) is 44.7 Å². The van der Waals surface area contributed by atoms with Gasteiger partial charge in [0, 0.05) is 24.2 Å². The maximum Gasteiger partial charge on any atom is 0.242 e. The highest BCUT2D eigenvalue weighted by Crippen LogP contribution is 2.49. The number of carbonyl (C=O) groups excluding carboxylic acids is 2. The molecule has 0 bridgehead atoms. The van der Waals surface area contributed by atoms with E-state index in [1.165, 1.54) is 11.8 Å². The Hall–Kier alpha value is -1.70. The molecule has 25 heavy (non-hydrogen) atoms. The number of H-pyrrole nitrogens is 1. The number of fused-ring (bicyclic) bond motifs is 1. The molecule has 1 aromatic carbocycles. The lowest BCUT2D eigenvalue weighted by molar-refractivity contribution is -0.129. The van der Waals surface area contributed by atoms with Gasteiger partial charge in [-0.25, -0.2) is 0 Å². The molecule has 2 aromatic rings. The number of aromatic amines is 1. The fourth-order valence-electron chi connectivity index (χ4n) is 3.12. The van der Waals surface area contributed by atoms with Gasteiger partial charge in [0.1, 0.15) is 4.75 Å². The van der Waals surface area contributed by atoms with Crippen LogP contribution in [0.25, 0.3) is 0 Å². The zero-order valence-electron chi connectivity index (χ0n) is 13.0. The second-order valence-corrected chi connectivity index (χ2v) is 8.36. The first-order valence-corrected chi connectivity index (χ1v) is 9.30. The highest BCUT2D eigenvalue weighted by atomic mass is 35.5. The van der Waals surface area contributed by atoms with E-state index in [1.807, 2.05) is 0 Å². The number of halogens is 2. The van der Waals surface area contributed by atoms with Crippen molar-refractivity contribution in [1.82, 2.24) is 15.1 Å². The van der Waals surface area contributed by atoms with Crippen LogP contribution >= 0.6 is 35.0 Å². The monoisotopic (exact) mass is 396 g/mol. The third-order valence-electron chi connectivity index (χ3n) is 4.47. The molecule has 1 atom stereocenters. The number of thioether (sulfide) groups is 1. The van der Waals surface area contributed by atoms with Gasteiger partial charge in [0.15, 0.2) is 0 Å². The third-order valence-corrected chi connectivity index (χ3v) is 6.65. The number of likely N-dealkylation sites (tertiary alicyclic amines) is 1. The molecule has 1 fully saturated rings. The Bertz CT molecular complexity index is 858. The van der Waals surface area contributed by atoms with Gasteiger partial charge in [-0.3, -0.25) is 14.7 Å². The SMILES string of the molecule is O=C(Cc1cc[nH]n1)N1CC[C@@]2(C1)Sc1cc(Cl)c(Cl)cc1NC2=O. The van der Waals surface area contributed by atoms with E-state index in [2.05, 4.69) is 15.5 Å². The van der Waals surface area contributed by atoms with Crippen LogP contribution in [0.15, 0.2) is 29.3 Å². The number of hydrogen-bond donors (Lipinski definition) is 2. The van der Waals surface area contributed by atoms with Crippen molar-refractivity contribution in [2.45, 2.75) is 22.5 Å². The van der Waals surface area contributed by atoms with Gasteiger partial charge in [-0.15, -0.1) is 11.8 Å². The van der Waals surface area contributed by atoms with Gasteiger partial charge < -0.3 is 10.2 Å². The fourth-order valence-corrected chi connectivity index (χ4v) is 4.89. The summed E-state index contributed by atoms with van der Waals surface area (Å²) in [6.07, 6.45) is 2.50. The van der Waals surface area contributed by atoms with E-state index in [9.17, 15) is 9.59 Å². The molecule has 2 amide bonds. The second kappa shape index (κ2) is 6.23. The lowest BCUT2D eigenvalue weighted by Crippen LogP contribution is -2.45. The Balaban J connectivity index is 1.54. The zero-order valence-corrected chi connectivity index (χ0v) is 15.3. The summed E-state index contributed by atoms with van der Waals surface area (Å²) in [6, 6.07) is 5.19. The molecule has 9 heteroatoms. The number of hydrogen-bond acceptors (Lipinski definition) is 4. The summed E-state index contributed by atoms with van der Waals surface area (Å²) in [4.78, 5) is 27.8. The molecule has 1 spiro atoms. The summed E-state index contributed by atoms with van der Waals surface area (Å²) >= 11 is 13.6. The molecule has 0 radical (unpaired) electrons. The van der Waals surface area contributed by atoms with Gasteiger partial charge in [-0.05, 0) is 24.6 Å². The molecule has 0 unspecified atom stereocenters. The van der Waals surface area contributed by atoms with Crippen LogP contribution in [-0.2, 0) is 16.0 Å². The Morgan fingerprint density at radius 1 is 1.36 bits per heavy atom. The van der Waals surface area contributed by atoms with Crippen molar-refractivity contribution < 1.29 is 9.59 Å². The first-order chi connectivity index (χ1) is 12.0. The molecule has 0 aliphatic carbocycles. The van der Waals surface area contributed by atoms with Gasteiger partial charge in [0.25, 0.3) is 0 Å². The zero-order chi connectivity index (χ0) is 17.6. The topological polar surface area (TPSA) is 78.1 Å². The molecule has 2 N–H and O–H groups in total. The van der Waals surface area contributed by atoms with E-state index in [-0.39, 0.29) is 18.2 Å². The molecule has 1 saturated heterocycles. The first-order valence-electron chi connectivity index (χ1n) is 7.73. The predicted octanol–water partition coefficient (Wildman–Crippen LogP) is 2.97. The van der Waals surface area contributed by atoms with E-state index in [1.54, 1.807) is 29.3 Å². The maximum absolute atomic E-state index is 12.7. The van der Waals surface area contributed by atoms with Gasteiger partial charge in [-0.2, -0.15) is 5.10 Å². The van der Waals surface area contributed by atoms with Gasteiger partial charge in [0.05, 0.1) is 27.8 Å². The molecular weight excluding hydrogens is 383 g/mol. The minimum atomic E-state index is -0.689. The molecule has 0 saturated carbocycles. The molecule has 2 aliphatic heterocycles. The van der Waals surface area contributed by atoms with Crippen molar-refractivity contribution in [2.24, 2.45) is 0 Å². The molecule has 2 aliphatic rings. The molecule has 3 heterocycles. The lowest BCUT2D eigenvalue weighted by atomic mass is 10.1. The summed E-state index contributed by atoms with van der Waals surface area (Å²) in [5.74, 6) is -0.129. The number of aromatic nitrogens is 2. The Labute approximate surface area is 158 Å². The van der Waals surface area contributed by atoms with Crippen LogP contribution in [0.3, 0.4) is 0 Å². The first kappa shape index (κ1) is 16.8. The third kappa shape index (κ3) is 3.01. The van der Waals surface area contributed by atoms with Crippen molar-refractivity contribution >= 4 is 52.5 Å². The maximum atomic E-state index is 12.7. The van der Waals surface area contributed by atoms with E-state index in [4.69, 9.17) is 23.2 Å². The molecule has 4 rings (SSSR count). The van der Waals surface area contributed by atoms with E-state index >= 15 is 0 Å². The standard InChI is InChI=1S/C16H14Cl2N4O2S/c17-10-6-12-13(7-11(10)18)25-16(15(24)20-12)2-4-22(8-16)14(23)5-9-1-3-19-21-9/h1,3,6-7H,2,4-5,8H2,(H,19,21)(H,20,24)/t16-/m0/s1. The number of amides is 2. The summed E-state index contributed by atoms with van der Waals surface area (Å²) in [5, 5.41) is 10.5. The largest absolute Gasteiger partial charge is 0.340 e. The molecule has 1 aromatic heterocycles. The minimum absolute atomic E-state index is 0.0303. The highest BCUT2D eigenvalue weighted by Gasteiger charge is 2.49. The van der Waals surface area contributed by atoms with Crippen molar-refractivity contribution in [2.75, 3.05) is 18.4 Å². The van der Waals surface area contributed by atoms with Crippen LogP contribution < -0.4 is 5.32 Å². The molecule has 6 nitrogen and oxygen atoms in total. The summed E-state index contributed by atoms with van der Waals surface area (Å²) < 4.78 is -0.689. The quantitative estimate of drug-likeness (QED) is 0.817. The van der Waals surface area contributed by atoms with Crippen LogP contribution in [0, 0.1) is 0 Å². The normalized spacial score (nSPS) is 22.2. The Morgan fingerprint density at radius 2 is 2.16 bits per heavy atom. The Kier molecular flexibility index (Phi) is 4.17. The van der Waals surface area contributed by atoms with Gasteiger partial charge in [-0.1, -0.05) is 23.2 Å².